The van der Waals surface area contributed by atoms with Crippen LogP contribution in [0, 0.1) is 13.8 Å². The van der Waals surface area contributed by atoms with Gasteiger partial charge in [0.1, 0.15) is 0 Å². The molecule has 2 aromatic carbocycles. The van der Waals surface area contributed by atoms with Crippen LogP contribution in [-0.2, 0) is 4.79 Å². The van der Waals surface area contributed by atoms with E-state index in [1.165, 1.54) is 5.56 Å². The van der Waals surface area contributed by atoms with Gasteiger partial charge in [-0.1, -0.05) is 29.3 Å². The molecule has 0 saturated heterocycles. The van der Waals surface area contributed by atoms with Gasteiger partial charge in [-0.2, -0.15) is 0 Å². The van der Waals surface area contributed by atoms with E-state index in [9.17, 15) is 4.79 Å². The number of carbonyl (C=O) groups is 1. The number of rotatable bonds is 7. The molecule has 0 aliphatic heterocycles. The normalized spacial score (nSPS) is 10.9. The van der Waals surface area contributed by atoms with Crippen molar-refractivity contribution < 1.29 is 19.4 Å². The van der Waals surface area contributed by atoms with Crippen molar-refractivity contribution in [3.63, 3.8) is 0 Å². The number of carboxylic acids is 1. The third kappa shape index (κ3) is 5.22. The number of hydrogen-bond acceptors (Lipinski definition) is 4. The van der Waals surface area contributed by atoms with Crippen molar-refractivity contribution in [2.45, 2.75) is 20.8 Å². The van der Waals surface area contributed by atoms with E-state index in [2.05, 4.69) is 11.1 Å². The highest BCUT2D eigenvalue weighted by molar-refractivity contribution is 6.32. The molecule has 0 aromatic heterocycles. The van der Waals surface area contributed by atoms with E-state index in [4.69, 9.17) is 26.2 Å². The van der Waals surface area contributed by atoms with E-state index in [1.807, 2.05) is 32.9 Å². The molecule has 1 N–H and O–H groups in total. The van der Waals surface area contributed by atoms with Crippen LogP contribution in [0.15, 0.2) is 35.3 Å². The van der Waals surface area contributed by atoms with Gasteiger partial charge in [0.15, 0.2) is 18.1 Å². The van der Waals surface area contributed by atoms with Crippen molar-refractivity contribution in [2.24, 2.45) is 4.99 Å². The fraction of sp³-hybridized carbons (Fsp3) is 0.263. The Morgan fingerprint density at radius 1 is 1.24 bits per heavy atom. The fourth-order valence-corrected chi connectivity index (χ4v) is 2.57. The van der Waals surface area contributed by atoms with E-state index in [-0.39, 0.29) is 10.8 Å². The molecule has 0 saturated carbocycles. The fourth-order valence-electron chi connectivity index (χ4n) is 2.29. The summed E-state index contributed by atoms with van der Waals surface area (Å²) in [7, 11) is 0. The molecule has 0 atom stereocenters. The minimum Gasteiger partial charge on any atom is -0.490 e. The second-order valence-electron chi connectivity index (χ2n) is 5.49. The highest BCUT2D eigenvalue weighted by Crippen LogP contribution is 2.36. The summed E-state index contributed by atoms with van der Waals surface area (Å²) >= 11 is 6.23. The Morgan fingerprint density at radius 3 is 2.64 bits per heavy atom. The molecular formula is C19H20ClNO4. The predicted molar refractivity (Wildman–Crippen MR) is 98.9 cm³/mol. The molecular weight excluding hydrogens is 342 g/mol. The van der Waals surface area contributed by atoms with Crippen LogP contribution in [0.4, 0.5) is 5.69 Å². The van der Waals surface area contributed by atoms with Gasteiger partial charge in [0.05, 0.1) is 17.3 Å². The van der Waals surface area contributed by atoms with E-state index in [0.29, 0.717) is 12.4 Å². The maximum absolute atomic E-state index is 10.7. The van der Waals surface area contributed by atoms with Crippen LogP contribution in [0.1, 0.15) is 23.6 Å². The second kappa shape index (κ2) is 8.53. The summed E-state index contributed by atoms with van der Waals surface area (Å²) in [6.07, 6.45) is 1.69. The second-order valence-corrected chi connectivity index (χ2v) is 5.90. The SMILES string of the molecule is CCOc1cc(C=Nc2ccc(C)cc2C)cc(Cl)c1OCC(=O)O. The van der Waals surface area contributed by atoms with Crippen molar-refractivity contribution in [1.29, 1.82) is 0 Å². The lowest BCUT2D eigenvalue weighted by molar-refractivity contribution is -0.139. The van der Waals surface area contributed by atoms with Gasteiger partial charge < -0.3 is 14.6 Å². The minimum absolute atomic E-state index is 0.217. The van der Waals surface area contributed by atoms with Crippen molar-refractivity contribution in [2.75, 3.05) is 13.2 Å². The Hall–Kier alpha value is -2.53. The summed E-state index contributed by atoms with van der Waals surface area (Å²) in [6.45, 7) is 5.77. The van der Waals surface area contributed by atoms with Crippen molar-refractivity contribution >= 4 is 29.5 Å². The lowest BCUT2D eigenvalue weighted by Crippen LogP contribution is -2.11. The molecule has 5 nitrogen and oxygen atoms in total. The van der Waals surface area contributed by atoms with E-state index < -0.39 is 12.6 Å². The summed E-state index contributed by atoms with van der Waals surface area (Å²) in [5.41, 5.74) is 3.86. The number of benzene rings is 2. The van der Waals surface area contributed by atoms with Crippen LogP contribution in [0.25, 0.3) is 0 Å². The standard InChI is InChI=1S/C19H20ClNO4/c1-4-24-17-9-14(8-15(20)19(17)25-11-18(22)23)10-21-16-6-5-12(2)7-13(16)3/h5-10H,4,11H2,1-3H3,(H,22,23). The van der Waals surface area contributed by atoms with Gasteiger partial charge in [-0.3, -0.25) is 4.99 Å². The topological polar surface area (TPSA) is 68.1 Å². The molecule has 0 unspecified atom stereocenters. The third-order valence-electron chi connectivity index (χ3n) is 3.38. The molecule has 132 valence electrons. The Labute approximate surface area is 151 Å². The average molecular weight is 362 g/mol. The summed E-state index contributed by atoms with van der Waals surface area (Å²) in [4.78, 5) is 15.2. The number of nitrogens with zero attached hydrogens (tertiary/aromatic N) is 1. The quantitative estimate of drug-likeness (QED) is 0.733. The van der Waals surface area contributed by atoms with Gasteiger partial charge in [-0.15, -0.1) is 0 Å². The van der Waals surface area contributed by atoms with Crippen LogP contribution in [0.2, 0.25) is 5.02 Å². The molecule has 6 heteroatoms. The largest absolute Gasteiger partial charge is 0.490 e. The first kappa shape index (κ1) is 18.8. The number of ether oxygens (including phenoxy) is 2. The molecule has 0 radical (unpaired) electrons. The molecule has 2 rings (SSSR count). The Kier molecular flexibility index (Phi) is 6.42. The molecule has 0 aliphatic rings. The van der Waals surface area contributed by atoms with E-state index >= 15 is 0 Å². The summed E-state index contributed by atoms with van der Waals surface area (Å²) < 4.78 is 10.7. The first-order chi connectivity index (χ1) is 11.9. The van der Waals surface area contributed by atoms with Gasteiger partial charge in [0.2, 0.25) is 0 Å². The van der Waals surface area contributed by atoms with Crippen molar-refractivity contribution in [1.82, 2.24) is 0 Å². The summed E-state index contributed by atoms with van der Waals surface area (Å²) in [6, 6.07) is 9.40. The summed E-state index contributed by atoms with van der Waals surface area (Å²) in [5.74, 6) is -0.480. The lowest BCUT2D eigenvalue weighted by Gasteiger charge is -2.13. The van der Waals surface area contributed by atoms with Crippen LogP contribution in [0.3, 0.4) is 0 Å². The van der Waals surface area contributed by atoms with Crippen LogP contribution in [-0.4, -0.2) is 30.5 Å². The molecule has 25 heavy (non-hydrogen) atoms. The zero-order valence-electron chi connectivity index (χ0n) is 14.4. The number of carboxylic acid groups (broad SMARTS) is 1. The first-order valence-electron chi connectivity index (χ1n) is 7.83. The third-order valence-corrected chi connectivity index (χ3v) is 3.66. The van der Waals surface area contributed by atoms with E-state index in [1.54, 1.807) is 18.3 Å². The van der Waals surface area contributed by atoms with Crippen LogP contribution >= 0.6 is 11.6 Å². The smallest absolute Gasteiger partial charge is 0.341 e. The molecule has 0 amide bonds. The molecule has 2 aromatic rings. The Balaban J connectivity index is 2.32. The van der Waals surface area contributed by atoms with Crippen LogP contribution < -0.4 is 9.47 Å². The number of aryl methyl sites for hydroxylation is 2. The molecule has 0 heterocycles. The zero-order valence-corrected chi connectivity index (χ0v) is 15.1. The maximum Gasteiger partial charge on any atom is 0.341 e. The monoisotopic (exact) mass is 361 g/mol. The van der Waals surface area contributed by atoms with Crippen molar-refractivity contribution in [3.05, 3.63) is 52.0 Å². The maximum atomic E-state index is 10.7. The molecule has 0 bridgehead atoms. The highest BCUT2D eigenvalue weighted by atomic mass is 35.5. The van der Waals surface area contributed by atoms with Gasteiger partial charge in [-0.05, 0) is 50.1 Å². The molecule has 0 spiro atoms. The highest BCUT2D eigenvalue weighted by Gasteiger charge is 2.13. The number of aliphatic carboxylic acids is 1. The van der Waals surface area contributed by atoms with Gasteiger partial charge in [0, 0.05) is 6.21 Å². The van der Waals surface area contributed by atoms with E-state index in [0.717, 1.165) is 16.8 Å². The molecule has 0 aliphatic carbocycles. The van der Waals surface area contributed by atoms with Gasteiger partial charge in [-0.25, -0.2) is 4.79 Å². The Morgan fingerprint density at radius 2 is 2.00 bits per heavy atom. The lowest BCUT2D eigenvalue weighted by atomic mass is 10.1. The predicted octanol–water partition coefficient (Wildman–Crippen LogP) is 4.57. The number of hydrogen-bond donors (Lipinski definition) is 1. The van der Waals surface area contributed by atoms with Crippen molar-refractivity contribution in [3.8, 4) is 11.5 Å². The minimum atomic E-state index is -1.08. The Bertz CT molecular complexity index is 802. The number of halogens is 1. The van der Waals surface area contributed by atoms with Crippen LogP contribution in [0.5, 0.6) is 11.5 Å². The first-order valence-corrected chi connectivity index (χ1v) is 8.20. The summed E-state index contributed by atoms with van der Waals surface area (Å²) in [5, 5.41) is 9.04. The average Bonchev–Trinajstić information content (AvgIpc) is 2.53. The zero-order chi connectivity index (χ0) is 18.4. The molecule has 0 fully saturated rings. The van der Waals surface area contributed by atoms with Gasteiger partial charge in [0.25, 0.3) is 0 Å². The number of aliphatic imine (C=N–C) groups is 1. The van der Waals surface area contributed by atoms with Gasteiger partial charge >= 0.3 is 5.97 Å².